The summed E-state index contributed by atoms with van der Waals surface area (Å²) in [6, 6.07) is 0. The number of rotatable bonds is 6. The number of nitrogens with two attached hydrogens (primary N) is 1. The number of nitrogen functional groups attached to an aromatic ring is 1. The van der Waals surface area contributed by atoms with Gasteiger partial charge in [0.05, 0.1) is 0 Å². The van der Waals surface area contributed by atoms with Crippen molar-refractivity contribution in [3.05, 3.63) is 25.3 Å². The fraction of sp³-hybridized carbons (Fsp3) is 0.222. The highest BCUT2D eigenvalue weighted by Gasteiger charge is 2.08. The van der Waals surface area contributed by atoms with Gasteiger partial charge in [0.25, 0.3) is 0 Å². The lowest BCUT2D eigenvalue weighted by Crippen LogP contribution is -2.21. The number of aliphatic hydroxyl groups is 2. The molecule has 6 N–H and O–H groups in total. The van der Waals surface area contributed by atoms with Gasteiger partial charge in [-0.25, -0.2) is 0 Å². The predicted molar refractivity (Wildman–Crippen MR) is 63.9 cm³/mol. The molecular weight excluding hydrogens is 224 g/mol. The van der Waals surface area contributed by atoms with Crippen molar-refractivity contribution in [2.45, 2.75) is 12.5 Å². The van der Waals surface area contributed by atoms with Gasteiger partial charge >= 0.3 is 0 Å². The van der Waals surface area contributed by atoms with Gasteiger partial charge in [-0.15, -0.1) is 0 Å². The molecule has 0 saturated heterocycles. The summed E-state index contributed by atoms with van der Waals surface area (Å²) in [5, 5.41) is 23.6. The van der Waals surface area contributed by atoms with Crippen LogP contribution in [0.5, 0.6) is 0 Å². The molecule has 1 aromatic heterocycles. The molecule has 1 heterocycles. The highest BCUT2D eigenvalue weighted by Crippen LogP contribution is 2.08. The van der Waals surface area contributed by atoms with E-state index >= 15 is 0 Å². The Morgan fingerprint density at radius 1 is 1.00 bits per heavy atom. The van der Waals surface area contributed by atoms with Gasteiger partial charge in [0, 0.05) is 0 Å². The van der Waals surface area contributed by atoms with Crippen LogP contribution in [-0.4, -0.2) is 37.6 Å². The highest BCUT2D eigenvalue weighted by atomic mass is 16.3. The summed E-state index contributed by atoms with van der Waals surface area (Å²) in [4.78, 5) is 11.4. The minimum atomic E-state index is -1.01. The number of hydrogen-bond donors (Lipinski definition) is 5. The average molecular weight is 238 g/mol. The molecule has 2 atom stereocenters. The quantitative estimate of drug-likeness (QED) is 0.324. The first-order valence-corrected chi connectivity index (χ1v) is 4.71. The molecule has 0 radical (unpaired) electrons. The van der Waals surface area contributed by atoms with Gasteiger partial charge < -0.3 is 26.6 Å². The zero-order chi connectivity index (χ0) is 12.8. The SMILES string of the molecule is C=CC(O)Nc1nc(N)nc(NC(O)C=C)n1. The molecule has 0 aliphatic carbocycles. The Hall–Kier alpha value is -2.19. The molecular formula is C9H14N6O2. The van der Waals surface area contributed by atoms with Gasteiger partial charge in [-0.1, -0.05) is 13.2 Å². The normalized spacial score (nSPS) is 13.5. The highest BCUT2D eigenvalue weighted by molar-refractivity contribution is 5.41. The Morgan fingerprint density at radius 3 is 1.76 bits per heavy atom. The van der Waals surface area contributed by atoms with Crippen molar-refractivity contribution in [1.29, 1.82) is 0 Å². The summed E-state index contributed by atoms with van der Waals surface area (Å²) < 4.78 is 0. The molecule has 0 spiro atoms. The third-order valence-electron chi connectivity index (χ3n) is 1.65. The predicted octanol–water partition coefficient (Wildman–Crippen LogP) is -0.714. The van der Waals surface area contributed by atoms with E-state index in [0.717, 1.165) is 0 Å². The zero-order valence-corrected chi connectivity index (χ0v) is 9.04. The van der Waals surface area contributed by atoms with Gasteiger partial charge in [-0.05, 0) is 12.2 Å². The van der Waals surface area contributed by atoms with Crippen LogP contribution in [-0.2, 0) is 0 Å². The van der Waals surface area contributed by atoms with Crippen LogP contribution in [0.1, 0.15) is 0 Å². The molecule has 17 heavy (non-hydrogen) atoms. The second-order valence-electron chi connectivity index (χ2n) is 2.99. The Balaban J connectivity index is 2.85. The molecule has 0 bridgehead atoms. The van der Waals surface area contributed by atoms with Gasteiger partial charge in [0.15, 0.2) is 0 Å². The van der Waals surface area contributed by atoms with Crippen LogP contribution in [0.2, 0.25) is 0 Å². The fourth-order valence-electron chi connectivity index (χ4n) is 0.904. The van der Waals surface area contributed by atoms with Crippen LogP contribution < -0.4 is 16.4 Å². The van der Waals surface area contributed by atoms with Crippen molar-refractivity contribution >= 4 is 17.8 Å². The van der Waals surface area contributed by atoms with E-state index in [1.54, 1.807) is 0 Å². The second-order valence-corrected chi connectivity index (χ2v) is 2.99. The second kappa shape index (κ2) is 5.77. The maximum atomic E-state index is 9.26. The molecule has 0 saturated carbocycles. The van der Waals surface area contributed by atoms with Crippen LogP contribution in [0.3, 0.4) is 0 Å². The maximum absolute atomic E-state index is 9.26. The zero-order valence-electron chi connectivity index (χ0n) is 9.04. The standard InChI is InChI=1S/C9H14N6O2/c1-3-5(16)11-8-13-7(10)14-9(15-8)12-6(17)4-2/h3-6,16-17H,1-2H2,(H4,10,11,12,13,14,15). The van der Waals surface area contributed by atoms with Crippen LogP contribution >= 0.6 is 0 Å². The van der Waals surface area contributed by atoms with Crippen LogP contribution in [0.4, 0.5) is 17.8 Å². The summed E-state index contributed by atoms with van der Waals surface area (Å²) in [6.45, 7) is 6.76. The van der Waals surface area contributed by atoms with Gasteiger partial charge in [0.2, 0.25) is 17.8 Å². The monoisotopic (exact) mass is 238 g/mol. The van der Waals surface area contributed by atoms with Crippen molar-refractivity contribution in [3.63, 3.8) is 0 Å². The number of aliphatic hydroxyl groups excluding tert-OH is 2. The van der Waals surface area contributed by atoms with Gasteiger partial charge in [0.1, 0.15) is 12.5 Å². The van der Waals surface area contributed by atoms with E-state index in [0.29, 0.717) is 0 Å². The van der Waals surface area contributed by atoms with E-state index < -0.39 is 12.5 Å². The number of nitrogens with zero attached hydrogens (tertiary/aromatic N) is 3. The molecule has 0 aromatic carbocycles. The first-order valence-electron chi connectivity index (χ1n) is 4.71. The molecule has 0 aliphatic rings. The topological polar surface area (TPSA) is 129 Å². The summed E-state index contributed by atoms with van der Waals surface area (Å²) >= 11 is 0. The molecule has 0 aliphatic heterocycles. The van der Waals surface area contributed by atoms with Crippen LogP contribution in [0.15, 0.2) is 25.3 Å². The Labute approximate surface area is 97.9 Å². The van der Waals surface area contributed by atoms with E-state index in [-0.39, 0.29) is 17.8 Å². The Morgan fingerprint density at radius 2 is 1.41 bits per heavy atom. The van der Waals surface area contributed by atoms with Crippen LogP contribution in [0, 0.1) is 0 Å². The van der Waals surface area contributed by atoms with E-state index in [2.05, 4.69) is 38.7 Å². The molecule has 0 fully saturated rings. The number of nitrogens with one attached hydrogen (secondary N) is 2. The van der Waals surface area contributed by atoms with E-state index in [9.17, 15) is 10.2 Å². The van der Waals surface area contributed by atoms with E-state index in [1.165, 1.54) is 12.2 Å². The van der Waals surface area contributed by atoms with Crippen molar-refractivity contribution in [2.75, 3.05) is 16.4 Å². The largest absolute Gasteiger partial charge is 0.370 e. The van der Waals surface area contributed by atoms with Crippen molar-refractivity contribution in [3.8, 4) is 0 Å². The summed E-state index contributed by atoms with van der Waals surface area (Å²) in [6.07, 6.45) is 0.500. The van der Waals surface area contributed by atoms with Crippen molar-refractivity contribution in [2.24, 2.45) is 0 Å². The van der Waals surface area contributed by atoms with Crippen LogP contribution in [0.25, 0.3) is 0 Å². The minimum absolute atomic E-state index is 0.0578. The third kappa shape index (κ3) is 4.05. The number of hydrogen-bond acceptors (Lipinski definition) is 8. The number of anilines is 3. The first kappa shape index (κ1) is 12.9. The smallest absolute Gasteiger partial charge is 0.231 e. The lowest BCUT2D eigenvalue weighted by Gasteiger charge is -2.11. The molecule has 1 aromatic rings. The van der Waals surface area contributed by atoms with Crippen molar-refractivity contribution in [1.82, 2.24) is 15.0 Å². The van der Waals surface area contributed by atoms with Gasteiger partial charge in [-0.2, -0.15) is 15.0 Å². The Bertz CT molecular complexity index is 376. The average Bonchev–Trinajstić information content (AvgIpc) is 2.27. The maximum Gasteiger partial charge on any atom is 0.231 e. The summed E-state index contributed by atoms with van der Waals surface area (Å²) in [7, 11) is 0. The molecule has 1 rings (SSSR count). The molecule has 8 nitrogen and oxygen atoms in total. The fourth-order valence-corrected chi connectivity index (χ4v) is 0.904. The van der Waals surface area contributed by atoms with E-state index in [4.69, 9.17) is 5.73 Å². The van der Waals surface area contributed by atoms with Gasteiger partial charge in [-0.3, -0.25) is 0 Å². The van der Waals surface area contributed by atoms with E-state index in [1.807, 2.05) is 0 Å². The minimum Gasteiger partial charge on any atom is -0.370 e. The van der Waals surface area contributed by atoms with Crippen molar-refractivity contribution < 1.29 is 10.2 Å². The Kier molecular flexibility index (Phi) is 4.37. The molecule has 8 heteroatoms. The summed E-state index contributed by atoms with van der Waals surface area (Å²) in [5.74, 6) is 0.0600. The molecule has 2 unspecified atom stereocenters. The first-order chi connectivity index (χ1) is 8.05. The summed E-state index contributed by atoms with van der Waals surface area (Å²) in [5.41, 5.74) is 5.44. The molecule has 0 amide bonds. The molecule has 92 valence electrons. The third-order valence-corrected chi connectivity index (χ3v) is 1.65. The lowest BCUT2D eigenvalue weighted by atomic mass is 10.5. The lowest BCUT2D eigenvalue weighted by molar-refractivity contribution is 0.250. The number of aromatic nitrogens is 3.